The van der Waals surface area contributed by atoms with E-state index in [-0.39, 0.29) is 24.5 Å². The summed E-state index contributed by atoms with van der Waals surface area (Å²) in [6, 6.07) is 3.57. The van der Waals surface area contributed by atoms with Crippen LogP contribution in [0.2, 0.25) is 0 Å². The van der Waals surface area contributed by atoms with Crippen molar-refractivity contribution in [2.24, 2.45) is 5.92 Å². The lowest BCUT2D eigenvalue weighted by Crippen LogP contribution is -2.56. The molecule has 0 saturated heterocycles. The molecule has 1 aromatic rings. The van der Waals surface area contributed by atoms with E-state index in [1.807, 2.05) is 6.07 Å². The van der Waals surface area contributed by atoms with E-state index >= 15 is 0 Å². The lowest BCUT2D eigenvalue weighted by molar-refractivity contribution is -0.121. The molecule has 2 unspecified atom stereocenters. The van der Waals surface area contributed by atoms with Gasteiger partial charge in [-0.15, -0.1) is 0 Å². The van der Waals surface area contributed by atoms with Gasteiger partial charge in [-0.2, -0.15) is 0 Å². The van der Waals surface area contributed by atoms with E-state index < -0.39 is 0 Å². The maximum Gasteiger partial charge on any atom is 0.343 e. The molecule has 1 fully saturated rings. The highest BCUT2D eigenvalue weighted by Gasteiger charge is 2.34. The van der Waals surface area contributed by atoms with Crippen molar-refractivity contribution < 1.29 is 9.59 Å². The molecule has 2 atom stereocenters. The van der Waals surface area contributed by atoms with Crippen LogP contribution in [0.15, 0.2) is 18.3 Å². The molecule has 0 spiro atoms. The molecule has 1 aliphatic heterocycles. The molecule has 1 N–H and O–H groups in total. The van der Waals surface area contributed by atoms with Crippen molar-refractivity contribution in [3.63, 3.8) is 0 Å². The Morgan fingerprint density at radius 2 is 2.04 bits per heavy atom. The Bertz CT molecular complexity index is 635. The molecule has 1 aromatic heterocycles. The lowest BCUT2D eigenvalue weighted by Gasteiger charge is -2.40. The third-order valence-electron chi connectivity index (χ3n) is 5.08. The number of nitrogens with zero attached hydrogens (tertiary/aromatic N) is 4. The quantitative estimate of drug-likeness (QED) is 0.920. The fourth-order valence-electron chi connectivity index (χ4n) is 3.48. The number of amides is 3. The SMILES string of the molecule is CC1CCCCC1NC(=O)CN1C(=O)N(C)N(C)c2ncccc21. The van der Waals surface area contributed by atoms with E-state index in [2.05, 4.69) is 17.2 Å². The highest BCUT2D eigenvalue weighted by molar-refractivity contribution is 6.02. The lowest BCUT2D eigenvalue weighted by atomic mass is 9.86. The van der Waals surface area contributed by atoms with Gasteiger partial charge in [0, 0.05) is 26.3 Å². The van der Waals surface area contributed by atoms with Crippen molar-refractivity contribution in [2.75, 3.05) is 30.5 Å². The second kappa shape index (κ2) is 6.67. The van der Waals surface area contributed by atoms with Crippen LogP contribution in [0.3, 0.4) is 0 Å². The maximum absolute atomic E-state index is 12.6. The minimum absolute atomic E-state index is 0.0128. The molecular formula is C17H25N5O2. The summed E-state index contributed by atoms with van der Waals surface area (Å²) >= 11 is 0. The number of carbonyl (C=O) groups excluding carboxylic acids is 2. The van der Waals surface area contributed by atoms with Gasteiger partial charge in [-0.25, -0.2) is 14.8 Å². The molecule has 0 radical (unpaired) electrons. The first-order chi connectivity index (χ1) is 11.5. The topological polar surface area (TPSA) is 68.8 Å². The number of hydrogen-bond acceptors (Lipinski definition) is 4. The summed E-state index contributed by atoms with van der Waals surface area (Å²) in [4.78, 5) is 30.9. The van der Waals surface area contributed by atoms with Gasteiger partial charge in [0.05, 0.1) is 5.69 Å². The van der Waals surface area contributed by atoms with Gasteiger partial charge in [0.1, 0.15) is 6.54 Å². The molecule has 3 amide bonds. The fraction of sp³-hybridized carbons (Fsp3) is 0.588. The molecule has 130 valence electrons. The molecular weight excluding hydrogens is 306 g/mol. The van der Waals surface area contributed by atoms with E-state index in [4.69, 9.17) is 0 Å². The summed E-state index contributed by atoms with van der Waals surface area (Å²) in [5, 5.41) is 6.26. The van der Waals surface area contributed by atoms with Crippen molar-refractivity contribution in [2.45, 2.75) is 38.6 Å². The number of hydrazine groups is 1. The van der Waals surface area contributed by atoms with Gasteiger partial charge in [0.25, 0.3) is 0 Å². The second-order valence-electron chi connectivity index (χ2n) is 6.70. The van der Waals surface area contributed by atoms with Crippen LogP contribution in [0.25, 0.3) is 0 Å². The first-order valence-corrected chi connectivity index (χ1v) is 8.52. The van der Waals surface area contributed by atoms with Gasteiger partial charge in [-0.1, -0.05) is 19.8 Å². The predicted octanol–water partition coefficient (Wildman–Crippen LogP) is 2.00. The zero-order chi connectivity index (χ0) is 17.3. The van der Waals surface area contributed by atoms with Crippen molar-refractivity contribution in [1.82, 2.24) is 15.3 Å². The first kappa shape index (κ1) is 16.5. The predicted molar refractivity (Wildman–Crippen MR) is 92.7 cm³/mol. The molecule has 2 aliphatic rings. The molecule has 24 heavy (non-hydrogen) atoms. The van der Waals surface area contributed by atoms with Gasteiger partial charge in [-0.05, 0) is 30.9 Å². The summed E-state index contributed by atoms with van der Waals surface area (Å²) in [7, 11) is 3.46. The van der Waals surface area contributed by atoms with Crippen molar-refractivity contribution in [3.05, 3.63) is 18.3 Å². The van der Waals surface area contributed by atoms with Crippen LogP contribution in [0.5, 0.6) is 0 Å². The number of anilines is 2. The van der Waals surface area contributed by atoms with Gasteiger partial charge in [0.15, 0.2) is 5.82 Å². The van der Waals surface area contributed by atoms with Crippen molar-refractivity contribution in [3.8, 4) is 0 Å². The van der Waals surface area contributed by atoms with Crippen LogP contribution in [0, 0.1) is 5.92 Å². The van der Waals surface area contributed by atoms with Gasteiger partial charge in [-0.3, -0.25) is 14.7 Å². The monoisotopic (exact) mass is 331 g/mol. The molecule has 2 heterocycles. The molecule has 3 rings (SSSR count). The number of carbonyl (C=O) groups is 2. The molecule has 0 bridgehead atoms. The highest BCUT2D eigenvalue weighted by Crippen LogP contribution is 2.32. The minimum atomic E-state index is -0.232. The Morgan fingerprint density at radius 3 is 2.79 bits per heavy atom. The number of urea groups is 1. The number of nitrogens with one attached hydrogen (secondary N) is 1. The largest absolute Gasteiger partial charge is 0.352 e. The average molecular weight is 331 g/mol. The van der Waals surface area contributed by atoms with Gasteiger partial charge < -0.3 is 5.32 Å². The average Bonchev–Trinajstić information content (AvgIpc) is 2.59. The van der Waals surface area contributed by atoms with E-state index in [0.717, 1.165) is 19.3 Å². The van der Waals surface area contributed by atoms with E-state index in [1.54, 1.807) is 31.4 Å². The summed E-state index contributed by atoms with van der Waals surface area (Å²) in [6.07, 6.45) is 6.23. The Morgan fingerprint density at radius 1 is 1.29 bits per heavy atom. The van der Waals surface area contributed by atoms with E-state index in [0.29, 0.717) is 17.4 Å². The number of pyridine rings is 1. The summed E-state index contributed by atoms with van der Waals surface area (Å²) in [5.41, 5.74) is 0.662. The van der Waals surface area contributed by atoms with Gasteiger partial charge in [0.2, 0.25) is 5.91 Å². The third-order valence-corrected chi connectivity index (χ3v) is 5.08. The Kier molecular flexibility index (Phi) is 4.59. The van der Waals surface area contributed by atoms with Crippen LogP contribution >= 0.6 is 0 Å². The van der Waals surface area contributed by atoms with Crippen molar-refractivity contribution >= 4 is 23.4 Å². The van der Waals surface area contributed by atoms with Crippen LogP contribution in [0.4, 0.5) is 16.3 Å². The van der Waals surface area contributed by atoms with Crippen molar-refractivity contribution in [1.29, 1.82) is 0 Å². The normalized spacial score (nSPS) is 24.0. The zero-order valence-electron chi connectivity index (χ0n) is 14.5. The van der Waals surface area contributed by atoms with E-state index in [9.17, 15) is 9.59 Å². The highest BCUT2D eigenvalue weighted by atomic mass is 16.2. The zero-order valence-corrected chi connectivity index (χ0v) is 14.5. The van der Waals surface area contributed by atoms with E-state index in [1.165, 1.54) is 16.3 Å². The van der Waals surface area contributed by atoms with Crippen LogP contribution in [-0.4, -0.2) is 48.6 Å². The van der Waals surface area contributed by atoms with Crippen LogP contribution < -0.4 is 15.2 Å². The number of fused-ring (bicyclic) bond motifs is 1. The van der Waals surface area contributed by atoms with Gasteiger partial charge >= 0.3 is 6.03 Å². The standard InChI is InChI=1S/C17H25N5O2/c1-12-7-4-5-8-13(12)19-15(23)11-22-14-9-6-10-18-16(14)20(2)21(3)17(22)24/h6,9-10,12-13H,4-5,7-8,11H2,1-3H3,(H,19,23). The van der Waals surface area contributed by atoms with Crippen LogP contribution in [0.1, 0.15) is 32.6 Å². The fourth-order valence-corrected chi connectivity index (χ4v) is 3.48. The molecule has 7 heteroatoms. The summed E-state index contributed by atoms with van der Waals surface area (Å²) < 4.78 is 0. The summed E-state index contributed by atoms with van der Waals surface area (Å²) in [5.74, 6) is 1.04. The van der Waals surface area contributed by atoms with Crippen LogP contribution in [-0.2, 0) is 4.79 Å². The second-order valence-corrected chi connectivity index (χ2v) is 6.70. The minimum Gasteiger partial charge on any atom is -0.352 e. The number of aromatic nitrogens is 1. The third kappa shape index (κ3) is 3.02. The smallest absolute Gasteiger partial charge is 0.343 e. The Balaban J connectivity index is 1.75. The maximum atomic E-state index is 12.6. The number of rotatable bonds is 3. The Labute approximate surface area is 142 Å². The molecule has 1 aliphatic carbocycles. The molecule has 0 aromatic carbocycles. The molecule has 1 saturated carbocycles. The molecule has 7 nitrogen and oxygen atoms in total. The Hall–Kier alpha value is -2.31. The number of hydrogen-bond donors (Lipinski definition) is 1. The summed E-state index contributed by atoms with van der Waals surface area (Å²) in [6.45, 7) is 2.19. The first-order valence-electron chi connectivity index (χ1n) is 8.52.